The Balaban J connectivity index is 1.62. The van der Waals surface area contributed by atoms with Crippen molar-refractivity contribution in [2.45, 2.75) is 70.6 Å². The number of nitrogens with zero attached hydrogens (tertiary/aromatic N) is 5. The fourth-order valence-corrected chi connectivity index (χ4v) is 6.76. The standard InChI is InChI=1S/C26H35F2N6O6PS/c1-15(2)38-22(35)16(3)32-41(42,40-18-11-9-8-10-12-18)37-13-26(28)23(36)25(5,27)24(39-26)34-14-29-19-20(33(6)7)30-17(4)31-21(19)34/h8-12,14-16,23-24,36H,13H2,1-7H3,(H,32,42)/t16-,23-,24+,25+,26+,41-/m0/s1. The maximum absolute atomic E-state index is 16.4. The molecule has 2 aromatic heterocycles. The third-order valence-corrected chi connectivity index (χ3v) is 8.86. The molecule has 0 saturated carbocycles. The summed E-state index contributed by atoms with van der Waals surface area (Å²) in [6.07, 6.45) is -3.14. The zero-order valence-electron chi connectivity index (χ0n) is 24.3. The van der Waals surface area contributed by atoms with Gasteiger partial charge in [-0.05, 0) is 58.6 Å². The van der Waals surface area contributed by atoms with Crippen LogP contribution in [0.15, 0.2) is 36.7 Å². The van der Waals surface area contributed by atoms with Crippen molar-refractivity contribution in [3.8, 4) is 5.75 Å². The van der Waals surface area contributed by atoms with Crippen LogP contribution in [-0.4, -0.2) is 81.1 Å². The number of aromatic nitrogens is 4. The molecule has 3 heterocycles. The monoisotopic (exact) mass is 628 g/mol. The van der Waals surface area contributed by atoms with Crippen LogP contribution in [0.3, 0.4) is 0 Å². The molecule has 0 spiro atoms. The number of nitrogens with one attached hydrogen (secondary N) is 1. The van der Waals surface area contributed by atoms with E-state index in [-0.39, 0.29) is 11.4 Å². The van der Waals surface area contributed by atoms with Crippen molar-refractivity contribution in [2.75, 3.05) is 25.6 Å². The van der Waals surface area contributed by atoms with Gasteiger partial charge in [0.25, 0.3) is 5.85 Å². The number of ether oxygens (including phenoxy) is 2. The topological polar surface area (TPSA) is 133 Å². The van der Waals surface area contributed by atoms with Crippen LogP contribution in [0.25, 0.3) is 11.2 Å². The van der Waals surface area contributed by atoms with Gasteiger partial charge in [0.15, 0.2) is 35.0 Å². The normalized spacial score (nSPS) is 26.3. The Bertz CT molecular complexity index is 1480. The third-order valence-electron chi connectivity index (χ3n) is 6.38. The summed E-state index contributed by atoms with van der Waals surface area (Å²) in [4.78, 5) is 27.2. The van der Waals surface area contributed by atoms with Crippen molar-refractivity contribution in [1.29, 1.82) is 0 Å². The fraction of sp³-hybridized carbons (Fsp3) is 0.538. The summed E-state index contributed by atoms with van der Waals surface area (Å²) in [5.74, 6) is -2.59. The first-order valence-electron chi connectivity index (χ1n) is 13.2. The highest BCUT2D eigenvalue weighted by molar-refractivity contribution is 8.09. The van der Waals surface area contributed by atoms with E-state index in [9.17, 15) is 9.90 Å². The van der Waals surface area contributed by atoms with E-state index >= 15 is 8.78 Å². The largest absolute Gasteiger partial charge is 0.462 e. The number of carbonyl (C=O) groups is 1. The van der Waals surface area contributed by atoms with Crippen LogP contribution < -0.4 is 14.5 Å². The van der Waals surface area contributed by atoms with E-state index in [0.29, 0.717) is 17.2 Å². The molecule has 230 valence electrons. The second kappa shape index (κ2) is 12.1. The second-order valence-corrected chi connectivity index (χ2v) is 13.8. The summed E-state index contributed by atoms with van der Waals surface area (Å²) >= 11 is 5.61. The summed E-state index contributed by atoms with van der Waals surface area (Å²) in [5, 5.41) is 13.7. The molecule has 6 atom stereocenters. The van der Waals surface area contributed by atoms with Gasteiger partial charge in [-0.3, -0.25) is 9.36 Å². The number of para-hydroxylation sites is 1. The van der Waals surface area contributed by atoms with Crippen LogP contribution in [0.5, 0.6) is 5.75 Å². The minimum absolute atomic E-state index is 0.189. The zero-order chi connectivity index (χ0) is 31.0. The number of aryl methyl sites for hydroxylation is 1. The maximum Gasteiger partial charge on any atom is 0.323 e. The maximum atomic E-state index is 16.4. The fourth-order valence-electron chi connectivity index (χ4n) is 4.36. The lowest BCUT2D eigenvalue weighted by Crippen LogP contribution is -2.47. The molecule has 0 radical (unpaired) electrons. The number of hydrogen-bond donors (Lipinski definition) is 2. The van der Waals surface area contributed by atoms with Crippen molar-refractivity contribution < 1.29 is 37.2 Å². The molecule has 0 bridgehead atoms. The van der Waals surface area contributed by atoms with Gasteiger partial charge in [-0.1, -0.05) is 18.2 Å². The van der Waals surface area contributed by atoms with Crippen LogP contribution in [-0.2, 0) is 30.6 Å². The van der Waals surface area contributed by atoms with E-state index in [0.717, 1.165) is 6.92 Å². The van der Waals surface area contributed by atoms with Crippen molar-refractivity contribution in [3.05, 3.63) is 42.5 Å². The van der Waals surface area contributed by atoms with Crippen molar-refractivity contribution in [1.82, 2.24) is 24.6 Å². The van der Waals surface area contributed by atoms with Gasteiger partial charge in [0.2, 0.25) is 0 Å². The average Bonchev–Trinajstić information content (AvgIpc) is 3.39. The van der Waals surface area contributed by atoms with Gasteiger partial charge in [-0.15, -0.1) is 0 Å². The number of rotatable bonds is 11. The van der Waals surface area contributed by atoms with Gasteiger partial charge < -0.3 is 28.5 Å². The van der Waals surface area contributed by atoms with Gasteiger partial charge in [0, 0.05) is 14.1 Å². The lowest BCUT2D eigenvalue weighted by Gasteiger charge is -2.30. The molecule has 4 rings (SSSR count). The summed E-state index contributed by atoms with van der Waals surface area (Å²) in [7, 11) is 3.52. The highest BCUT2D eigenvalue weighted by Crippen LogP contribution is 2.52. The van der Waals surface area contributed by atoms with E-state index in [1.807, 2.05) is 0 Å². The van der Waals surface area contributed by atoms with E-state index in [4.69, 9.17) is 30.3 Å². The van der Waals surface area contributed by atoms with E-state index in [1.54, 1.807) is 70.1 Å². The number of aliphatic hydroxyl groups is 1. The van der Waals surface area contributed by atoms with Crippen LogP contribution in [0.1, 0.15) is 39.7 Å². The van der Waals surface area contributed by atoms with Crippen molar-refractivity contribution in [3.63, 3.8) is 0 Å². The molecular formula is C26H35F2N6O6PS. The Kier molecular flexibility index (Phi) is 9.22. The smallest absolute Gasteiger partial charge is 0.323 e. The Morgan fingerprint density at radius 1 is 1.26 bits per heavy atom. The SMILES string of the molecule is Cc1nc(N(C)C)c2ncn([C@@H]3O[C@](F)(CO[P@@](=S)(N[C@@H](C)C(=O)OC(C)C)Oc4ccccc4)[C@@H](O)[C@@]3(C)F)c2n1. The number of alkyl halides is 2. The molecule has 2 N–H and O–H groups in total. The number of halogens is 2. The quantitative estimate of drug-likeness (QED) is 0.237. The number of carbonyl (C=O) groups excluding carboxylic acids is 1. The molecule has 3 aromatic rings. The Labute approximate surface area is 247 Å². The first kappa shape index (κ1) is 32.1. The molecule has 0 unspecified atom stereocenters. The molecule has 0 aliphatic carbocycles. The van der Waals surface area contributed by atoms with Crippen LogP contribution in [0, 0.1) is 6.92 Å². The van der Waals surface area contributed by atoms with Crippen LogP contribution >= 0.6 is 6.64 Å². The Hall–Kier alpha value is -2.81. The van der Waals surface area contributed by atoms with Crippen LogP contribution in [0.4, 0.5) is 14.6 Å². The molecule has 12 nitrogen and oxygen atoms in total. The molecular weight excluding hydrogens is 593 g/mol. The number of esters is 1. The predicted molar refractivity (Wildman–Crippen MR) is 155 cm³/mol. The zero-order valence-corrected chi connectivity index (χ0v) is 26.0. The van der Waals surface area contributed by atoms with Gasteiger partial charge >= 0.3 is 12.6 Å². The Morgan fingerprint density at radius 3 is 2.55 bits per heavy atom. The van der Waals surface area contributed by atoms with Gasteiger partial charge in [0.1, 0.15) is 24.2 Å². The minimum Gasteiger partial charge on any atom is -0.462 e. The highest BCUT2D eigenvalue weighted by atomic mass is 32.5. The molecule has 1 fully saturated rings. The molecule has 1 aliphatic rings. The summed E-state index contributed by atoms with van der Waals surface area (Å²) < 4.78 is 56.1. The van der Waals surface area contributed by atoms with E-state index < -0.39 is 55.2 Å². The van der Waals surface area contributed by atoms with Gasteiger partial charge in [0.05, 0.1) is 12.4 Å². The van der Waals surface area contributed by atoms with Gasteiger partial charge in [-0.2, -0.15) is 0 Å². The second-order valence-electron chi connectivity index (χ2n) is 10.6. The summed E-state index contributed by atoms with van der Waals surface area (Å²) in [6.45, 7) is 2.77. The number of hydrogen-bond acceptors (Lipinski definition) is 11. The first-order chi connectivity index (χ1) is 19.6. The van der Waals surface area contributed by atoms with Gasteiger partial charge in [-0.25, -0.2) is 28.8 Å². The third kappa shape index (κ3) is 6.56. The highest BCUT2D eigenvalue weighted by Gasteiger charge is 2.65. The number of fused-ring (bicyclic) bond motifs is 1. The molecule has 1 aromatic carbocycles. The predicted octanol–water partition coefficient (Wildman–Crippen LogP) is 3.73. The molecule has 1 aliphatic heterocycles. The van der Waals surface area contributed by atoms with Crippen molar-refractivity contribution >= 4 is 41.4 Å². The first-order valence-corrected chi connectivity index (χ1v) is 15.8. The number of anilines is 1. The molecule has 16 heteroatoms. The summed E-state index contributed by atoms with van der Waals surface area (Å²) in [5.41, 5.74) is -2.13. The number of imidazole rings is 1. The number of aliphatic hydroxyl groups excluding tert-OH is 1. The van der Waals surface area contributed by atoms with Crippen molar-refractivity contribution in [2.24, 2.45) is 0 Å². The average molecular weight is 629 g/mol. The minimum atomic E-state index is -3.72. The lowest BCUT2D eigenvalue weighted by molar-refractivity contribution is -0.202. The van der Waals surface area contributed by atoms with E-state index in [1.165, 1.54) is 17.8 Å². The summed E-state index contributed by atoms with van der Waals surface area (Å²) in [6, 6.07) is 7.32. The van der Waals surface area contributed by atoms with Crippen LogP contribution in [0.2, 0.25) is 0 Å². The van der Waals surface area contributed by atoms with E-state index in [2.05, 4.69) is 20.0 Å². The number of benzene rings is 1. The Morgan fingerprint density at radius 2 is 1.93 bits per heavy atom. The molecule has 0 amide bonds. The molecule has 42 heavy (non-hydrogen) atoms. The lowest BCUT2D eigenvalue weighted by atomic mass is 9.97. The molecule has 1 saturated heterocycles.